The zero-order chi connectivity index (χ0) is 21.0. The van der Waals surface area contributed by atoms with Crippen LogP contribution in [0.4, 0.5) is 5.82 Å². The molecule has 1 saturated carbocycles. The molecule has 2 aromatic heterocycles. The maximum Gasteiger partial charge on any atom is 0.337 e. The first-order chi connectivity index (χ1) is 14.0. The van der Waals surface area contributed by atoms with Crippen LogP contribution in [0.1, 0.15) is 31.7 Å². The Balaban J connectivity index is 1.91. The number of nitrogens with one attached hydrogen (secondary N) is 1. The van der Waals surface area contributed by atoms with Crippen LogP contribution in [0.5, 0.6) is 0 Å². The van der Waals surface area contributed by atoms with Crippen LogP contribution in [-0.4, -0.2) is 29.4 Å². The van der Waals surface area contributed by atoms with Gasteiger partial charge in [-0.15, -0.1) is 13.2 Å². The molecular weight excluding hydrogens is 376 g/mol. The van der Waals surface area contributed by atoms with E-state index in [0.717, 1.165) is 39.4 Å². The standard InChI is InChI=1S/C19H24N6O4/c1-3-11-22-17(27)23(12-4-2)19(29)24(18(22)28)13-16(26)21-15-9-10-20-25(15)14-7-5-6-8-14/h3-4,9-10,14H,1-2,5-8,11-13H2,(H,21,26). The Bertz CT molecular complexity index is 1050. The molecule has 0 aromatic carbocycles. The highest BCUT2D eigenvalue weighted by Gasteiger charge is 2.21. The Labute approximate surface area is 166 Å². The Kier molecular flexibility index (Phi) is 6.10. The number of anilines is 1. The first-order valence-electron chi connectivity index (χ1n) is 9.47. The lowest BCUT2D eigenvalue weighted by atomic mass is 10.2. The number of carbonyl (C=O) groups is 1. The third-order valence-corrected chi connectivity index (χ3v) is 4.92. The highest BCUT2D eigenvalue weighted by atomic mass is 16.2. The molecule has 2 heterocycles. The molecule has 1 fully saturated rings. The molecular formula is C19H24N6O4. The van der Waals surface area contributed by atoms with E-state index in [-0.39, 0.29) is 19.1 Å². The molecule has 3 rings (SSSR count). The molecule has 29 heavy (non-hydrogen) atoms. The summed E-state index contributed by atoms with van der Waals surface area (Å²) in [6.07, 6.45) is 8.54. The zero-order valence-electron chi connectivity index (χ0n) is 16.1. The van der Waals surface area contributed by atoms with E-state index in [2.05, 4.69) is 23.6 Å². The van der Waals surface area contributed by atoms with Crippen LogP contribution < -0.4 is 22.4 Å². The van der Waals surface area contributed by atoms with Gasteiger partial charge < -0.3 is 5.32 Å². The van der Waals surface area contributed by atoms with Crippen molar-refractivity contribution in [1.29, 1.82) is 0 Å². The predicted molar refractivity (Wildman–Crippen MR) is 108 cm³/mol. The highest BCUT2D eigenvalue weighted by Crippen LogP contribution is 2.31. The maximum atomic E-state index is 12.6. The molecule has 1 N–H and O–H groups in total. The quantitative estimate of drug-likeness (QED) is 0.648. The van der Waals surface area contributed by atoms with Gasteiger partial charge in [0.05, 0.1) is 25.3 Å². The van der Waals surface area contributed by atoms with Gasteiger partial charge in [-0.1, -0.05) is 25.0 Å². The fourth-order valence-corrected chi connectivity index (χ4v) is 3.57. The lowest BCUT2D eigenvalue weighted by molar-refractivity contribution is -0.117. The van der Waals surface area contributed by atoms with E-state index in [1.807, 2.05) is 0 Å². The second-order valence-electron chi connectivity index (χ2n) is 6.88. The molecule has 0 atom stereocenters. The molecule has 0 saturated heterocycles. The molecule has 2 aromatic rings. The molecule has 1 amide bonds. The molecule has 1 aliphatic carbocycles. The van der Waals surface area contributed by atoms with Crippen LogP contribution in [-0.2, 0) is 24.4 Å². The summed E-state index contributed by atoms with van der Waals surface area (Å²) in [5.74, 6) is -0.0429. The van der Waals surface area contributed by atoms with Crippen molar-refractivity contribution in [3.63, 3.8) is 0 Å². The van der Waals surface area contributed by atoms with Crippen LogP contribution in [0, 0.1) is 0 Å². The molecule has 10 nitrogen and oxygen atoms in total. The predicted octanol–water partition coefficient (Wildman–Crippen LogP) is 0.494. The summed E-state index contributed by atoms with van der Waals surface area (Å²) in [6.45, 7) is 6.36. The molecule has 0 radical (unpaired) electrons. The summed E-state index contributed by atoms with van der Waals surface area (Å²) in [5, 5.41) is 7.00. The molecule has 154 valence electrons. The minimum atomic E-state index is -0.861. The Morgan fingerprint density at radius 2 is 1.59 bits per heavy atom. The maximum absolute atomic E-state index is 12.6. The summed E-state index contributed by atoms with van der Waals surface area (Å²) in [7, 11) is 0. The van der Waals surface area contributed by atoms with Gasteiger partial charge in [-0.05, 0) is 12.8 Å². The number of nitrogens with zero attached hydrogens (tertiary/aromatic N) is 5. The second-order valence-corrected chi connectivity index (χ2v) is 6.88. The summed E-state index contributed by atoms with van der Waals surface area (Å²) in [6, 6.07) is 1.90. The van der Waals surface area contributed by atoms with E-state index in [1.165, 1.54) is 12.2 Å². The third-order valence-electron chi connectivity index (χ3n) is 4.92. The number of carbonyl (C=O) groups excluding carboxylic acids is 1. The molecule has 0 aliphatic heterocycles. The smallest absolute Gasteiger partial charge is 0.309 e. The van der Waals surface area contributed by atoms with Gasteiger partial charge in [-0.3, -0.25) is 4.79 Å². The van der Waals surface area contributed by atoms with Crippen LogP contribution >= 0.6 is 0 Å². The first-order valence-corrected chi connectivity index (χ1v) is 9.47. The summed E-state index contributed by atoms with van der Waals surface area (Å²) >= 11 is 0. The monoisotopic (exact) mass is 400 g/mol. The molecule has 1 aliphatic rings. The molecule has 0 spiro atoms. The number of amides is 1. The minimum absolute atomic E-state index is 0.0782. The van der Waals surface area contributed by atoms with E-state index in [9.17, 15) is 19.2 Å². The topological polar surface area (TPSA) is 113 Å². The van der Waals surface area contributed by atoms with E-state index in [1.54, 1.807) is 16.9 Å². The van der Waals surface area contributed by atoms with Gasteiger partial charge in [-0.2, -0.15) is 5.10 Å². The van der Waals surface area contributed by atoms with E-state index < -0.39 is 29.5 Å². The fraction of sp³-hybridized carbons (Fsp3) is 0.421. The fourth-order valence-electron chi connectivity index (χ4n) is 3.57. The lowest BCUT2D eigenvalue weighted by Crippen LogP contribution is -2.55. The average Bonchev–Trinajstić information content (AvgIpc) is 3.37. The number of rotatable bonds is 8. The Hall–Kier alpha value is -3.43. The normalized spacial score (nSPS) is 14.1. The van der Waals surface area contributed by atoms with Gasteiger partial charge in [0.15, 0.2) is 0 Å². The molecule has 0 unspecified atom stereocenters. The number of hydrogen-bond acceptors (Lipinski definition) is 5. The number of hydrogen-bond donors (Lipinski definition) is 1. The lowest BCUT2D eigenvalue weighted by Gasteiger charge is -2.15. The van der Waals surface area contributed by atoms with Crippen molar-refractivity contribution in [3.05, 3.63) is 69.0 Å². The van der Waals surface area contributed by atoms with Crippen LogP contribution in [0.25, 0.3) is 0 Å². The first kappa shape index (κ1) is 20.3. The van der Waals surface area contributed by atoms with Crippen LogP contribution in [0.15, 0.2) is 52.0 Å². The summed E-state index contributed by atoms with van der Waals surface area (Å²) < 4.78 is 4.21. The van der Waals surface area contributed by atoms with Crippen molar-refractivity contribution in [2.75, 3.05) is 5.32 Å². The number of aromatic nitrogens is 5. The number of allylic oxidation sites excluding steroid dienone is 2. The largest absolute Gasteiger partial charge is 0.337 e. The second kappa shape index (κ2) is 8.72. The van der Waals surface area contributed by atoms with Crippen molar-refractivity contribution in [1.82, 2.24) is 23.5 Å². The van der Waals surface area contributed by atoms with Gasteiger partial charge in [-0.25, -0.2) is 32.8 Å². The zero-order valence-corrected chi connectivity index (χ0v) is 16.1. The van der Waals surface area contributed by atoms with Crippen molar-refractivity contribution in [3.8, 4) is 0 Å². The van der Waals surface area contributed by atoms with E-state index in [0.29, 0.717) is 5.82 Å². The third kappa shape index (κ3) is 4.05. The molecule has 10 heteroatoms. The van der Waals surface area contributed by atoms with E-state index >= 15 is 0 Å². The Morgan fingerprint density at radius 3 is 2.14 bits per heavy atom. The van der Waals surface area contributed by atoms with Crippen LogP contribution in [0.3, 0.4) is 0 Å². The highest BCUT2D eigenvalue weighted by molar-refractivity contribution is 5.89. The van der Waals surface area contributed by atoms with Gasteiger partial charge >= 0.3 is 17.1 Å². The van der Waals surface area contributed by atoms with Crippen molar-refractivity contribution >= 4 is 11.7 Å². The van der Waals surface area contributed by atoms with Crippen LogP contribution in [0.2, 0.25) is 0 Å². The summed E-state index contributed by atoms with van der Waals surface area (Å²) in [4.78, 5) is 50.2. The minimum Gasteiger partial charge on any atom is -0.309 e. The summed E-state index contributed by atoms with van der Waals surface area (Å²) in [5.41, 5.74) is -2.49. The van der Waals surface area contributed by atoms with Crippen molar-refractivity contribution in [2.24, 2.45) is 0 Å². The average molecular weight is 400 g/mol. The van der Waals surface area contributed by atoms with Crippen molar-refractivity contribution in [2.45, 2.75) is 51.4 Å². The van der Waals surface area contributed by atoms with E-state index in [4.69, 9.17) is 0 Å². The SMILES string of the molecule is C=CCn1c(=O)n(CC=C)c(=O)n(CC(=O)Nc2ccnn2C2CCCC2)c1=O. The van der Waals surface area contributed by atoms with Gasteiger partial charge in [0.2, 0.25) is 5.91 Å². The van der Waals surface area contributed by atoms with Gasteiger partial charge in [0.1, 0.15) is 12.4 Å². The van der Waals surface area contributed by atoms with Gasteiger partial charge in [0, 0.05) is 6.07 Å². The van der Waals surface area contributed by atoms with Gasteiger partial charge in [0.25, 0.3) is 0 Å². The van der Waals surface area contributed by atoms with Crippen molar-refractivity contribution < 1.29 is 4.79 Å². The Morgan fingerprint density at radius 1 is 1.03 bits per heavy atom. The molecule has 0 bridgehead atoms.